The van der Waals surface area contributed by atoms with Gasteiger partial charge in [0.1, 0.15) is 11.3 Å². The molecule has 0 atom stereocenters. The summed E-state index contributed by atoms with van der Waals surface area (Å²) >= 11 is 2.67. The standard InChI is InChI=1S/C23H24N4O5S3/c1-24-35(30,31)13-10-25-21(28)9-4-11-27(22(29)20-8-5-12-33-20)23-26-17(15-34-23)19-14-16-6-2-3-7-18(16)32-19/h2-3,5-8,12,14-15,24H,4,9-11,13H2,1H3,(H,25,28). The number of anilines is 1. The van der Waals surface area contributed by atoms with Crippen molar-refractivity contribution in [2.45, 2.75) is 12.8 Å². The van der Waals surface area contributed by atoms with Crippen LogP contribution in [0.25, 0.3) is 22.4 Å². The number of amides is 2. The number of sulfonamides is 1. The number of aromatic nitrogens is 1. The van der Waals surface area contributed by atoms with Crippen LogP contribution in [0.1, 0.15) is 22.5 Å². The molecule has 2 amide bonds. The zero-order valence-electron chi connectivity index (χ0n) is 18.9. The second-order valence-electron chi connectivity index (χ2n) is 7.57. The summed E-state index contributed by atoms with van der Waals surface area (Å²) in [7, 11) is -2.05. The van der Waals surface area contributed by atoms with E-state index in [1.807, 2.05) is 47.2 Å². The number of carbonyl (C=O) groups excluding carboxylic acids is 2. The maximum atomic E-state index is 13.2. The van der Waals surface area contributed by atoms with Gasteiger partial charge in [0.25, 0.3) is 5.91 Å². The van der Waals surface area contributed by atoms with Gasteiger partial charge in [-0.2, -0.15) is 0 Å². The van der Waals surface area contributed by atoms with Crippen LogP contribution in [0, 0.1) is 0 Å². The summed E-state index contributed by atoms with van der Waals surface area (Å²) in [5, 5.41) is 7.76. The lowest BCUT2D eigenvalue weighted by atomic mass is 10.2. The van der Waals surface area contributed by atoms with Crippen LogP contribution in [0.4, 0.5) is 5.13 Å². The highest BCUT2D eigenvalue weighted by Crippen LogP contribution is 2.32. The van der Waals surface area contributed by atoms with Gasteiger partial charge in [-0.3, -0.25) is 14.5 Å². The Hall–Kier alpha value is -3.06. The van der Waals surface area contributed by atoms with Gasteiger partial charge in [0.15, 0.2) is 10.9 Å². The largest absolute Gasteiger partial charge is 0.454 e. The summed E-state index contributed by atoms with van der Waals surface area (Å²) in [5.74, 6) is -0.0388. The number of hydrogen-bond acceptors (Lipinski definition) is 8. The van der Waals surface area contributed by atoms with Crippen molar-refractivity contribution in [2.24, 2.45) is 0 Å². The molecule has 0 spiro atoms. The number of nitrogens with zero attached hydrogens (tertiary/aromatic N) is 2. The monoisotopic (exact) mass is 532 g/mol. The Morgan fingerprint density at radius 2 is 1.97 bits per heavy atom. The van der Waals surface area contributed by atoms with Gasteiger partial charge in [-0.15, -0.1) is 22.7 Å². The molecule has 3 heterocycles. The number of fused-ring (bicyclic) bond motifs is 1. The zero-order valence-corrected chi connectivity index (χ0v) is 21.3. The first-order chi connectivity index (χ1) is 16.9. The third kappa shape index (κ3) is 6.34. The van der Waals surface area contributed by atoms with Crippen molar-refractivity contribution in [3.05, 3.63) is 58.1 Å². The lowest BCUT2D eigenvalue weighted by molar-refractivity contribution is -0.121. The van der Waals surface area contributed by atoms with E-state index in [-0.39, 0.29) is 37.1 Å². The lowest BCUT2D eigenvalue weighted by Crippen LogP contribution is -2.34. The number of thiophene rings is 1. The summed E-state index contributed by atoms with van der Waals surface area (Å²) < 4.78 is 31.0. The molecular weight excluding hydrogens is 508 g/mol. The van der Waals surface area contributed by atoms with E-state index in [2.05, 4.69) is 15.0 Å². The summed E-state index contributed by atoms with van der Waals surface area (Å²) in [6.07, 6.45) is 0.539. The van der Waals surface area contributed by atoms with E-state index < -0.39 is 10.0 Å². The highest BCUT2D eigenvalue weighted by atomic mass is 32.2. The highest BCUT2D eigenvalue weighted by Gasteiger charge is 2.23. The van der Waals surface area contributed by atoms with Crippen molar-refractivity contribution in [3.63, 3.8) is 0 Å². The van der Waals surface area contributed by atoms with Gasteiger partial charge in [0, 0.05) is 30.3 Å². The molecule has 9 nitrogen and oxygen atoms in total. The molecule has 3 aromatic heterocycles. The molecule has 0 aliphatic rings. The predicted molar refractivity (Wildman–Crippen MR) is 138 cm³/mol. The third-order valence-corrected chi connectivity index (χ3v) is 8.25. The maximum absolute atomic E-state index is 13.2. The second kappa shape index (κ2) is 11.1. The van der Waals surface area contributed by atoms with Gasteiger partial charge in [-0.05, 0) is 37.0 Å². The molecule has 0 bridgehead atoms. The van der Waals surface area contributed by atoms with Crippen molar-refractivity contribution in [1.29, 1.82) is 0 Å². The topological polar surface area (TPSA) is 122 Å². The summed E-state index contributed by atoms with van der Waals surface area (Å²) in [6, 6.07) is 13.2. The van der Waals surface area contributed by atoms with Crippen molar-refractivity contribution in [2.75, 3.05) is 30.8 Å². The maximum Gasteiger partial charge on any atom is 0.270 e. The summed E-state index contributed by atoms with van der Waals surface area (Å²) in [5.41, 5.74) is 1.39. The van der Waals surface area contributed by atoms with E-state index in [9.17, 15) is 18.0 Å². The van der Waals surface area contributed by atoms with Crippen molar-refractivity contribution in [3.8, 4) is 11.5 Å². The van der Waals surface area contributed by atoms with Gasteiger partial charge in [-0.1, -0.05) is 24.3 Å². The van der Waals surface area contributed by atoms with E-state index in [1.54, 1.807) is 11.0 Å². The molecule has 0 saturated heterocycles. The predicted octanol–water partition coefficient (Wildman–Crippen LogP) is 3.71. The Morgan fingerprint density at radius 1 is 1.14 bits per heavy atom. The normalized spacial score (nSPS) is 11.6. The summed E-state index contributed by atoms with van der Waals surface area (Å²) in [4.78, 5) is 32.1. The first-order valence-corrected chi connectivity index (χ1v) is 14.3. The number of thiazole rings is 1. The molecule has 4 rings (SSSR count). The smallest absolute Gasteiger partial charge is 0.270 e. The fraction of sp³-hybridized carbons (Fsp3) is 0.261. The van der Waals surface area contributed by atoms with Gasteiger partial charge >= 0.3 is 0 Å². The van der Waals surface area contributed by atoms with Gasteiger partial charge in [0.2, 0.25) is 15.9 Å². The minimum absolute atomic E-state index is 0.0210. The molecule has 0 saturated carbocycles. The van der Waals surface area contributed by atoms with Crippen LogP contribution in [0.5, 0.6) is 0 Å². The number of para-hydroxylation sites is 1. The van der Waals surface area contributed by atoms with E-state index in [4.69, 9.17) is 4.42 Å². The Labute approximate surface area is 210 Å². The summed E-state index contributed by atoms with van der Waals surface area (Å²) in [6.45, 7) is 0.305. The molecule has 0 fully saturated rings. The van der Waals surface area contributed by atoms with Crippen LogP contribution in [0.15, 0.2) is 57.6 Å². The SMILES string of the molecule is CNS(=O)(=O)CCNC(=O)CCCN(C(=O)c1cccs1)c1nc(-c2cc3ccccc3o2)cs1. The molecule has 2 N–H and O–H groups in total. The Kier molecular flexibility index (Phi) is 7.96. The molecule has 0 aliphatic heterocycles. The molecule has 35 heavy (non-hydrogen) atoms. The second-order valence-corrected chi connectivity index (χ2v) is 11.4. The van der Waals surface area contributed by atoms with Crippen molar-refractivity contribution >= 4 is 60.6 Å². The van der Waals surface area contributed by atoms with Crippen LogP contribution < -0.4 is 14.9 Å². The molecule has 1 aromatic carbocycles. The van der Waals surface area contributed by atoms with Crippen LogP contribution in [0.2, 0.25) is 0 Å². The number of benzene rings is 1. The Balaban J connectivity index is 1.44. The first kappa shape index (κ1) is 25.0. The van der Waals surface area contributed by atoms with Crippen molar-refractivity contribution in [1.82, 2.24) is 15.0 Å². The first-order valence-electron chi connectivity index (χ1n) is 10.8. The fourth-order valence-corrected chi connectivity index (χ4v) is 5.43. The van der Waals surface area contributed by atoms with E-state index in [0.29, 0.717) is 27.9 Å². The van der Waals surface area contributed by atoms with E-state index in [1.165, 1.54) is 29.7 Å². The Bertz CT molecular complexity index is 1380. The molecule has 184 valence electrons. The minimum Gasteiger partial charge on any atom is -0.454 e. The van der Waals surface area contributed by atoms with Crippen LogP contribution >= 0.6 is 22.7 Å². The van der Waals surface area contributed by atoms with E-state index in [0.717, 1.165) is 11.0 Å². The molecule has 0 radical (unpaired) electrons. The van der Waals surface area contributed by atoms with Crippen LogP contribution in [0.3, 0.4) is 0 Å². The molecule has 0 aliphatic carbocycles. The van der Waals surface area contributed by atoms with Crippen LogP contribution in [-0.2, 0) is 14.8 Å². The average Bonchev–Trinajstić information content (AvgIpc) is 3.61. The molecule has 12 heteroatoms. The van der Waals surface area contributed by atoms with Crippen LogP contribution in [-0.4, -0.2) is 51.1 Å². The molecular formula is C23H24N4O5S3. The van der Waals surface area contributed by atoms with Crippen molar-refractivity contribution < 1.29 is 22.4 Å². The quantitative estimate of drug-likeness (QED) is 0.304. The number of furan rings is 1. The van der Waals surface area contributed by atoms with E-state index >= 15 is 0 Å². The number of rotatable bonds is 11. The number of carbonyl (C=O) groups is 2. The zero-order chi connectivity index (χ0) is 24.8. The van der Waals surface area contributed by atoms with Gasteiger partial charge in [-0.25, -0.2) is 18.1 Å². The average molecular weight is 533 g/mol. The third-order valence-electron chi connectivity index (χ3n) is 5.17. The fourth-order valence-electron chi connectivity index (χ4n) is 3.34. The number of hydrogen-bond donors (Lipinski definition) is 2. The lowest BCUT2D eigenvalue weighted by Gasteiger charge is -2.19. The molecule has 0 unspecified atom stereocenters. The highest BCUT2D eigenvalue weighted by molar-refractivity contribution is 7.89. The molecule has 4 aromatic rings. The van der Waals surface area contributed by atoms with Gasteiger partial charge in [0.05, 0.1) is 10.6 Å². The number of nitrogens with one attached hydrogen (secondary N) is 2. The van der Waals surface area contributed by atoms with Gasteiger partial charge < -0.3 is 9.73 Å². The Morgan fingerprint density at radius 3 is 2.71 bits per heavy atom. The minimum atomic E-state index is -3.38.